The van der Waals surface area contributed by atoms with Crippen LogP contribution in [0, 0.1) is 5.82 Å². The highest BCUT2D eigenvalue weighted by molar-refractivity contribution is 7.09. The Morgan fingerprint density at radius 2 is 2.14 bits per heavy atom. The molecule has 0 radical (unpaired) electrons. The zero-order valence-electron chi connectivity index (χ0n) is 15.2. The van der Waals surface area contributed by atoms with Gasteiger partial charge in [0.1, 0.15) is 12.4 Å². The van der Waals surface area contributed by atoms with E-state index in [1.165, 1.54) is 17.0 Å². The first-order valence-corrected chi connectivity index (χ1v) is 9.53. The van der Waals surface area contributed by atoms with Crippen LogP contribution in [-0.4, -0.2) is 50.0 Å². The molecule has 3 rings (SSSR count). The van der Waals surface area contributed by atoms with E-state index >= 15 is 0 Å². The summed E-state index contributed by atoms with van der Waals surface area (Å²) in [5.41, 5.74) is 0.471. The fourth-order valence-corrected chi connectivity index (χ4v) is 3.12. The Morgan fingerprint density at radius 1 is 1.29 bits per heavy atom. The maximum Gasteiger partial charge on any atom is 0.246 e. The van der Waals surface area contributed by atoms with Gasteiger partial charge in [-0.15, -0.1) is 21.5 Å². The predicted molar refractivity (Wildman–Crippen MR) is 102 cm³/mol. The molecule has 3 aromatic rings. The van der Waals surface area contributed by atoms with Crippen LogP contribution in [0.15, 0.2) is 41.8 Å². The summed E-state index contributed by atoms with van der Waals surface area (Å²) in [5.74, 6) is -0.729. The van der Waals surface area contributed by atoms with Gasteiger partial charge in [-0.2, -0.15) is 4.80 Å². The molecule has 0 aliphatic heterocycles. The number of nitrogens with zero attached hydrogens (tertiary/aromatic N) is 5. The second-order valence-corrected chi connectivity index (χ2v) is 6.95. The van der Waals surface area contributed by atoms with Gasteiger partial charge in [0.15, 0.2) is 0 Å². The number of benzene rings is 1. The summed E-state index contributed by atoms with van der Waals surface area (Å²) in [6.45, 7) is 2.39. The first-order chi connectivity index (χ1) is 13.5. The minimum Gasteiger partial charge on any atom is -0.350 e. The van der Waals surface area contributed by atoms with Crippen molar-refractivity contribution >= 4 is 23.2 Å². The highest BCUT2D eigenvalue weighted by Crippen LogP contribution is 2.14. The molecule has 8 nitrogen and oxygen atoms in total. The maximum absolute atomic E-state index is 13.3. The van der Waals surface area contributed by atoms with Crippen molar-refractivity contribution in [2.24, 2.45) is 0 Å². The number of hydrogen-bond donors (Lipinski definition) is 1. The summed E-state index contributed by atoms with van der Waals surface area (Å²) in [6.07, 6.45) is 0. The monoisotopic (exact) mass is 402 g/mol. The summed E-state index contributed by atoms with van der Waals surface area (Å²) in [5, 5.41) is 16.5. The molecular weight excluding hydrogens is 383 g/mol. The molecular formula is C18H19FN6O2S. The average Bonchev–Trinajstić information content (AvgIpc) is 3.36. The van der Waals surface area contributed by atoms with Crippen LogP contribution in [0.5, 0.6) is 0 Å². The Hall–Kier alpha value is -3.14. The van der Waals surface area contributed by atoms with Crippen molar-refractivity contribution in [2.45, 2.75) is 20.0 Å². The molecule has 28 heavy (non-hydrogen) atoms. The quantitative estimate of drug-likeness (QED) is 0.619. The summed E-state index contributed by atoms with van der Waals surface area (Å²) in [4.78, 5) is 28.2. The van der Waals surface area contributed by atoms with E-state index in [9.17, 15) is 14.0 Å². The van der Waals surface area contributed by atoms with E-state index in [1.54, 1.807) is 30.4 Å². The van der Waals surface area contributed by atoms with Gasteiger partial charge in [0.05, 0.1) is 13.1 Å². The number of nitrogens with one attached hydrogen (secondary N) is 1. The summed E-state index contributed by atoms with van der Waals surface area (Å²) in [6, 6.07) is 9.66. The number of amides is 2. The SMILES string of the molecule is CCN(CC(=O)NCc1cccs1)C(=O)Cn1nnc(-c2cccc(F)c2)n1. The Morgan fingerprint density at radius 3 is 2.86 bits per heavy atom. The fraction of sp³-hybridized carbons (Fsp3) is 0.278. The van der Waals surface area contributed by atoms with Gasteiger partial charge in [0, 0.05) is 17.0 Å². The highest BCUT2D eigenvalue weighted by atomic mass is 32.1. The van der Waals surface area contributed by atoms with Crippen molar-refractivity contribution in [3.8, 4) is 11.4 Å². The van der Waals surface area contributed by atoms with Gasteiger partial charge in [-0.25, -0.2) is 4.39 Å². The molecule has 0 bridgehead atoms. The van der Waals surface area contributed by atoms with Crippen molar-refractivity contribution in [3.05, 3.63) is 52.5 Å². The van der Waals surface area contributed by atoms with Crippen molar-refractivity contribution in [1.82, 2.24) is 30.4 Å². The molecule has 1 N–H and O–H groups in total. The van der Waals surface area contributed by atoms with Gasteiger partial charge in [0.2, 0.25) is 17.6 Å². The Labute approximate surface area is 165 Å². The summed E-state index contributed by atoms with van der Waals surface area (Å²) >= 11 is 1.55. The number of carbonyl (C=O) groups is 2. The first-order valence-electron chi connectivity index (χ1n) is 8.65. The second-order valence-electron chi connectivity index (χ2n) is 5.92. The lowest BCUT2D eigenvalue weighted by atomic mass is 10.2. The number of carbonyl (C=O) groups excluding carboxylic acids is 2. The Balaban J connectivity index is 1.55. The van der Waals surface area contributed by atoms with Crippen molar-refractivity contribution < 1.29 is 14.0 Å². The molecule has 0 aliphatic carbocycles. The average molecular weight is 402 g/mol. The van der Waals surface area contributed by atoms with E-state index < -0.39 is 5.82 Å². The predicted octanol–water partition coefficient (Wildman–Crippen LogP) is 1.71. The largest absolute Gasteiger partial charge is 0.350 e. The molecule has 2 amide bonds. The maximum atomic E-state index is 13.3. The number of aromatic nitrogens is 4. The normalized spacial score (nSPS) is 10.6. The number of tetrazole rings is 1. The summed E-state index contributed by atoms with van der Waals surface area (Å²) in [7, 11) is 0. The lowest BCUT2D eigenvalue weighted by Gasteiger charge is -2.19. The lowest BCUT2D eigenvalue weighted by molar-refractivity contribution is -0.136. The van der Waals surface area contributed by atoms with Crippen LogP contribution < -0.4 is 5.32 Å². The minimum absolute atomic E-state index is 0.0494. The third kappa shape index (κ3) is 5.19. The number of hydrogen-bond acceptors (Lipinski definition) is 6. The van der Waals surface area contributed by atoms with Crippen LogP contribution in [0.1, 0.15) is 11.8 Å². The molecule has 2 aromatic heterocycles. The van der Waals surface area contributed by atoms with E-state index in [0.29, 0.717) is 18.7 Å². The Bertz CT molecular complexity index is 943. The van der Waals surface area contributed by atoms with Crippen LogP contribution in [-0.2, 0) is 22.7 Å². The molecule has 2 heterocycles. The second kappa shape index (κ2) is 9.18. The van der Waals surface area contributed by atoms with Gasteiger partial charge < -0.3 is 10.2 Å². The smallest absolute Gasteiger partial charge is 0.246 e. The van der Waals surface area contributed by atoms with E-state index in [4.69, 9.17) is 0 Å². The van der Waals surface area contributed by atoms with E-state index in [-0.39, 0.29) is 30.7 Å². The third-order valence-corrected chi connectivity index (χ3v) is 4.80. The van der Waals surface area contributed by atoms with Gasteiger partial charge in [0.25, 0.3) is 0 Å². The van der Waals surface area contributed by atoms with Gasteiger partial charge in [-0.05, 0) is 35.7 Å². The van der Waals surface area contributed by atoms with E-state index in [0.717, 1.165) is 9.67 Å². The molecule has 0 atom stereocenters. The van der Waals surface area contributed by atoms with Crippen LogP contribution in [0.2, 0.25) is 0 Å². The molecule has 1 aromatic carbocycles. The molecule has 0 saturated carbocycles. The number of likely N-dealkylation sites (N-methyl/N-ethyl adjacent to an activating group) is 1. The van der Waals surface area contributed by atoms with Gasteiger partial charge in [-0.3, -0.25) is 9.59 Å². The lowest BCUT2D eigenvalue weighted by Crippen LogP contribution is -2.42. The molecule has 0 unspecified atom stereocenters. The third-order valence-electron chi connectivity index (χ3n) is 3.92. The first kappa shape index (κ1) is 19.6. The standard InChI is InChI=1S/C18H19FN6O2S/c1-2-24(11-16(26)20-10-15-7-4-8-28-15)17(27)12-25-22-18(21-23-25)13-5-3-6-14(19)9-13/h3-9H,2,10-12H2,1H3,(H,20,26). The molecule has 0 aliphatic rings. The number of thiophene rings is 1. The molecule has 0 fully saturated rings. The minimum atomic E-state index is -0.407. The van der Waals surface area contributed by atoms with E-state index in [2.05, 4.69) is 20.7 Å². The number of rotatable bonds is 8. The topological polar surface area (TPSA) is 93.0 Å². The van der Waals surface area contributed by atoms with Crippen LogP contribution in [0.4, 0.5) is 4.39 Å². The molecule has 146 valence electrons. The summed E-state index contributed by atoms with van der Waals surface area (Å²) < 4.78 is 13.3. The number of halogens is 1. The van der Waals surface area contributed by atoms with Crippen molar-refractivity contribution in [3.63, 3.8) is 0 Å². The zero-order chi connectivity index (χ0) is 19.9. The Kier molecular flexibility index (Phi) is 6.43. The van der Waals surface area contributed by atoms with Gasteiger partial charge >= 0.3 is 0 Å². The van der Waals surface area contributed by atoms with Gasteiger partial charge in [-0.1, -0.05) is 18.2 Å². The van der Waals surface area contributed by atoms with Crippen molar-refractivity contribution in [1.29, 1.82) is 0 Å². The van der Waals surface area contributed by atoms with Crippen LogP contribution in [0.3, 0.4) is 0 Å². The fourth-order valence-electron chi connectivity index (χ4n) is 2.48. The van der Waals surface area contributed by atoms with E-state index in [1.807, 2.05) is 17.5 Å². The molecule has 0 spiro atoms. The molecule has 10 heteroatoms. The van der Waals surface area contributed by atoms with Crippen LogP contribution >= 0.6 is 11.3 Å². The van der Waals surface area contributed by atoms with Crippen LogP contribution in [0.25, 0.3) is 11.4 Å². The highest BCUT2D eigenvalue weighted by Gasteiger charge is 2.18. The molecule has 0 saturated heterocycles. The zero-order valence-corrected chi connectivity index (χ0v) is 16.0. The van der Waals surface area contributed by atoms with Crippen molar-refractivity contribution in [2.75, 3.05) is 13.1 Å².